The van der Waals surface area contributed by atoms with Gasteiger partial charge in [0.15, 0.2) is 0 Å². The van der Waals surface area contributed by atoms with Crippen LogP contribution in [0.3, 0.4) is 0 Å². The topological polar surface area (TPSA) is 20.2 Å². The lowest BCUT2D eigenvalue weighted by atomic mass is 9.97. The molecule has 0 aromatic heterocycles. The lowest BCUT2D eigenvalue weighted by Gasteiger charge is -2.16. The molecule has 98 valence electrons. The van der Waals surface area contributed by atoms with E-state index in [9.17, 15) is 5.11 Å². The summed E-state index contributed by atoms with van der Waals surface area (Å²) < 4.78 is 1.96. The second kappa shape index (κ2) is 8.48. The third-order valence-electron chi connectivity index (χ3n) is 3.08. The van der Waals surface area contributed by atoms with E-state index in [1.165, 1.54) is 5.56 Å². The maximum atomic E-state index is 10.1. The third kappa shape index (κ3) is 5.36. The van der Waals surface area contributed by atoms with E-state index in [1.807, 2.05) is 30.1 Å². The molecule has 1 aromatic rings. The molecule has 0 bridgehead atoms. The molecule has 0 aliphatic rings. The van der Waals surface area contributed by atoms with Crippen LogP contribution in [0.2, 0.25) is 0 Å². The number of rotatable bonds is 6. The standard InChI is InChI=1S/C16H21IO/c1-13(16(18)14(2)11-12-17)7-6-10-15-8-4-3-5-9-15/h3-5,7-9,11-12,14,16,18H,6,10H2,1-2H3/b12-11+,13-7+/t14-,16+/m1/s1. The Morgan fingerprint density at radius 3 is 2.61 bits per heavy atom. The zero-order chi connectivity index (χ0) is 13.4. The highest BCUT2D eigenvalue weighted by Gasteiger charge is 2.12. The van der Waals surface area contributed by atoms with Crippen molar-refractivity contribution in [1.82, 2.24) is 0 Å². The minimum atomic E-state index is -0.369. The highest BCUT2D eigenvalue weighted by Crippen LogP contribution is 2.15. The van der Waals surface area contributed by atoms with Crippen molar-refractivity contribution in [3.63, 3.8) is 0 Å². The highest BCUT2D eigenvalue weighted by atomic mass is 127. The first-order valence-electron chi connectivity index (χ1n) is 6.30. The molecule has 0 unspecified atom stereocenters. The van der Waals surface area contributed by atoms with Crippen molar-refractivity contribution >= 4 is 22.6 Å². The Kier molecular flexibility index (Phi) is 7.28. The number of aliphatic hydroxyl groups is 1. The number of hydrogen-bond donors (Lipinski definition) is 1. The van der Waals surface area contributed by atoms with Gasteiger partial charge in [-0.2, -0.15) is 0 Å². The number of allylic oxidation sites excluding steroid dienone is 1. The summed E-state index contributed by atoms with van der Waals surface area (Å²) in [5.41, 5.74) is 2.41. The molecule has 0 heterocycles. The van der Waals surface area contributed by atoms with E-state index in [0.29, 0.717) is 0 Å². The normalized spacial score (nSPS) is 15.9. The minimum absolute atomic E-state index is 0.176. The molecule has 1 nitrogen and oxygen atoms in total. The summed E-state index contributed by atoms with van der Waals surface area (Å²) in [5.74, 6) is 0.176. The maximum absolute atomic E-state index is 10.1. The van der Waals surface area contributed by atoms with Crippen LogP contribution < -0.4 is 0 Å². The summed E-state index contributed by atoms with van der Waals surface area (Å²) in [6.07, 6.45) is 5.82. The predicted octanol–water partition coefficient (Wildman–Crippen LogP) is 4.51. The molecule has 0 saturated heterocycles. The SMILES string of the molecule is C/C(=C\CCc1ccccc1)[C@H](O)[C@H](C)/C=C/I. The predicted molar refractivity (Wildman–Crippen MR) is 86.9 cm³/mol. The Balaban J connectivity index is 2.47. The molecule has 0 aliphatic heterocycles. The molecule has 0 fully saturated rings. The quantitative estimate of drug-likeness (QED) is 0.587. The summed E-state index contributed by atoms with van der Waals surface area (Å²) in [6, 6.07) is 10.4. The summed E-state index contributed by atoms with van der Waals surface area (Å²) in [7, 11) is 0. The van der Waals surface area contributed by atoms with E-state index < -0.39 is 0 Å². The van der Waals surface area contributed by atoms with Crippen LogP contribution >= 0.6 is 22.6 Å². The van der Waals surface area contributed by atoms with Crippen LogP contribution in [0.5, 0.6) is 0 Å². The van der Waals surface area contributed by atoms with Crippen molar-refractivity contribution in [1.29, 1.82) is 0 Å². The van der Waals surface area contributed by atoms with Crippen LogP contribution in [0.25, 0.3) is 0 Å². The number of halogens is 1. The fourth-order valence-corrected chi connectivity index (χ4v) is 2.52. The van der Waals surface area contributed by atoms with E-state index in [2.05, 4.69) is 52.9 Å². The van der Waals surface area contributed by atoms with Crippen LogP contribution in [0.1, 0.15) is 25.8 Å². The van der Waals surface area contributed by atoms with Gasteiger partial charge in [-0.25, -0.2) is 0 Å². The minimum Gasteiger partial charge on any atom is -0.388 e. The smallest absolute Gasteiger partial charge is 0.0807 e. The van der Waals surface area contributed by atoms with Gasteiger partial charge in [0.25, 0.3) is 0 Å². The van der Waals surface area contributed by atoms with Crippen LogP contribution in [0.15, 0.2) is 52.1 Å². The van der Waals surface area contributed by atoms with Gasteiger partial charge in [-0.1, -0.05) is 72.0 Å². The average Bonchev–Trinajstić information content (AvgIpc) is 2.39. The van der Waals surface area contributed by atoms with E-state index in [-0.39, 0.29) is 12.0 Å². The van der Waals surface area contributed by atoms with Gasteiger partial charge in [-0.3, -0.25) is 0 Å². The molecule has 2 atom stereocenters. The second-order valence-corrected chi connectivity index (χ2v) is 5.31. The Hall–Kier alpha value is -0.610. The molecule has 0 spiro atoms. The van der Waals surface area contributed by atoms with Crippen LogP contribution in [-0.2, 0) is 6.42 Å². The van der Waals surface area contributed by atoms with Gasteiger partial charge in [-0.05, 0) is 35.0 Å². The van der Waals surface area contributed by atoms with Crippen molar-refractivity contribution in [3.8, 4) is 0 Å². The summed E-state index contributed by atoms with van der Waals surface area (Å²) >= 11 is 2.18. The van der Waals surface area contributed by atoms with Crippen LogP contribution in [0.4, 0.5) is 0 Å². The van der Waals surface area contributed by atoms with Crippen molar-refractivity contribution < 1.29 is 5.11 Å². The van der Waals surface area contributed by atoms with Gasteiger partial charge in [0, 0.05) is 5.92 Å². The Bertz CT molecular complexity index is 395. The monoisotopic (exact) mass is 356 g/mol. The Morgan fingerprint density at radius 1 is 1.33 bits per heavy atom. The van der Waals surface area contributed by atoms with Crippen molar-refractivity contribution in [3.05, 3.63) is 57.7 Å². The maximum Gasteiger partial charge on any atom is 0.0807 e. The number of benzene rings is 1. The van der Waals surface area contributed by atoms with E-state index >= 15 is 0 Å². The van der Waals surface area contributed by atoms with Gasteiger partial charge in [0.05, 0.1) is 6.10 Å². The Labute approximate surface area is 124 Å². The lowest BCUT2D eigenvalue weighted by molar-refractivity contribution is 0.173. The molecule has 1 rings (SSSR count). The van der Waals surface area contributed by atoms with E-state index in [1.54, 1.807) is 0 Å². The van der Waals surface area contributed by atoms with Crippen molar-refractivity contribution in [2.24, 2.45) is 5.92 Å². The van der Waals surface area contributed by atoms with Gasteiger partial charge in [0.2, 0.25) is 0 Å². The number of aliphatic hydroxyl groups excluding tert-OH is 1. The van der Waals surface area contributed by atoms with Crippen LogP contribution in [-0.4, -0.2) is 11.2 Å². The zero-order valence-corrected chi connectivity index (χ0v) is 13.2. The molecule has 0 radical (unpaired) electrons. The summed E-state index contributed by atoms with van der Waals surface area (Å²) in [4.78, 5) is 0. The fraction of sp³-hybridized carbons (Fsp3) is 0.375. The first-order chi connectivity index (χ1) is 8.65. The molecule has 1 N–H and O–H groups in total. The first kappa shape index (κ1) is 15.4. The molecule has 18 heavy (non-hydrogen) atoms. The van der Waals surface area contributed by atoms with Crippen LogP contribution in [0, 0.1) is 5.92 Å². The van der Waals surface area contributed by atoms with Gasteiger partial charge in [-0.15, -0.1) is 0 Å². The molecule has 1 aromatic carbocycles. The highest BCUT2D eigenvalue weighted by molar-refractivity contribution is 14.1. The summed E-state index contributed by atoms with van der Waals surface area (Å²) in [6.45, 7) is 4.04. The molecule has 0 amide bonds. The largest absolute Gasteiger partial charge is 0.388 e. The zero-order valence-electron chi connectivity index (χ0n) is 11.0. The molecule has 0 aliphatic carbocycles. The van der Waals surface area contributed by atoms with Gasteiger partial charge >= 0.3 is 0 Å². The molecule has 2 heteroatoms. The van der Waals surface area contributed by atoms with E-state index in [4.69, 9.17) is 0 Å². The van der Waals surface area contributed by atoms with E-state index in [0.717, 1.165) is 18.4 Å². The Morgan fingerprint density at radius 2 is 2.00 bits per heavy atom. The number of aryl methyl sites for hydroxylation is 1. The van der Waals surface area contributed by atoms with Gasteiger partial charge in [0.1, 0.15) is 0 Å². The van der Waals surface area contributed by atoms with Crippen molar-refractivity contribution in [2.75, 3.05) is 0 Å². The lowest BCUT2D eigenvalue weighted by Crippen LogP contribution is -2.16. The average molecular weight is 356 g/mol. The van der Waals surface area contributed by atoms with Crippen molar-refractivity contribution in [2.45, 2.75) is 32.8 Å². The molecular weight excluding hydrogens is 335 g/mol. The fourth-order valence-electron chi connectivity index (χ4n) is 1.87. The second-order valence-electron chi connectivity index (χ2n) is 4.59. The van der Waals surface area contributed by atoms with Gasteiger partial charge < -0.3 is 5.11 Å². The third-order valence-corrected chi connectivity index (χ3v) is 3.50. The summed E-state index contributed by atoms with van der Waals surface area (Å²) in [5, 5.41) is 10.1. The molecule has 0 saturated carbocycles. The first-order valence-corrected chi connectivity index (χ1v) is 7.55. The number of hydrogen-bond acceptors (Lipinski definition) is 1. The molecular formula is C16H21IO.